The maximum atomic E-state index is 12.3. The van der Waals surface area contributed by atoms with Crippen LogP contribution in [-0.2, 0) is 9.53 Å². The van der Waals surface area contributed by atoms with E-state index in [4.69, 9.17) is 4.74 Å². The first-order valence-electron chi connectivity index (χ1n) is 7.60. The van der Waals surface area contributed by atoms with Crippen molar-refractivity contribution in [2.45, 2.75) is 32.1 Å². The zero-order valence-corrected chi connectivity index (χ0v) is 13.4. The van der Waals surface area contributed by atoms with Gasteiger partial charge in [-0.15, -0.1) is 11.3 Å². The summed E-state index contributed by atoms with van der Waals surface area (Å²) in [6.45, 7) is 0. The van der Waals surface area contributed by atoms with Gasteiger partial charge in [0.1, 0.15) is 4.88 Å². The second-order valence-electron chi connectivity index (χ2n) is 5.68. The number of amides is 1. The summed E-state index contributed by atoms with van der Waals surface area (Å²) in [5.41, 5.74) is 0.789. The summed E-state index contributed by atoms with van der Waals surface area (Å²) >= 11 is 1.40. The predicted molar refractivity (Wildman–Crippen MR) is 88.4 cm³/mol. The summed E-state index contributed by atoms with van der Waals surface area (Å²) < 4.78 is 5.75. The fourth-order valence-corrected chi connectivity index (χ4v) is 3.89. The van der Waals surface area contributed by atoms with Crippen LogP contribution in [0.25, 0.3) is 10.1 Å². The first kappa shape index (κ1) is 15.0. The van der Waals surface area contributed by atoms with Gasteiger partial charge in [0.2, 0.25) is 5.91 Å². The van der Waals surface area contributed by atoms with Gasteiger partial charge in [-0.2, -0.15) is 0 Å². The van der Waals surface area contributed by atoms with E-state index in [1.54, 1.807) is 0 Å². The van der Waals surface area contributed by atoms with E-state index in [-0.39, 0.29) is 17.8 Å². The van der Waals surface area contributed by atoms with E-state index in [2.05, 4.69) is 5.32 Å². The minimum absolute atomic E-state index is 0.113. The average molecular weight is 317 g/mol. The molecular weight excluding hydrogens is 298 g/mol. The van der Waals surface area contributed by atoms with E-state index in [1.165, 1.54) is 24.9 Å². The van der Waals surface area contributed by atoms with Gasteiger partial charge in [0, 0.05) is 16.3 Å². The van der Waals surface area contributed by atoms with Crippen LogP contribution in [0, 0.1) is 5.92 Å². The third kappa shape index (κ3) is 3.14. The van der Waals surface area contributed by atoms with Gasteiger partial charge in [0.15, 0.2) is 0 Å². The lowest BCUT2D eigenvalue weighted by Crippen LogP contribution is -2.24. The molecule has 3 rings (SSSR count). The van der Waals surface area contributed by atoms with Crippen molar-refractivity contribution in [3.8, 4) is 0 Å². The number of hydrogen-bond donors (Lipinski definition) is 1. The summed E-state index contributed by atoms with van der Waals surface area (Å²) in [5, 5.41) is 3.96. The van der Waals surface area contributed by atoms with Gasteiger partial charge in [0.05, 0.1) is 7.11 Å². The number of carbonyl (C=O) groups is 2. The van der Waals surface area contributed by atoms with E-state index in [0.29, 0.717) is 4.88 Å². The fraction of sp³-hybridized carbons (Fsp3) is 0.412. The predicted octanol–water partition coefficient (Wildman–Crippen LogP) is 4.21. The van der Waals surface area contributed by atoms with Gasteiger partial charge < -0.3 is 10.1 Å². The van der Waals surface area contributed by atoms with E-state index in [0.717, 1.165) is 41.5 Å². The Hall–Kier alpha value is -1.88. The van der Waals surface area contributed by atoms with Crippen LogP contribution in [0.15, 0.2) is 24.3 Å². The highest BCUT2D eigenvalue weighted by molar-refractivity contribution is 7.20. The quantitative estimate of drug-likeness (QED) is 0.863. The van der Waals surface area contributed by atoms with Crippen LogP contribution < -0.4 is 5.32 Å². The van der Waals surface area contributed by atoms with Gasteiger partial charge in [-0.1, -0.05) is 19.3 Å². The SMILES string of the molecule is COC(=O)c1cc2cc(NC(=O)C3CCCCC3)ccc2s1. The van der Waals surface area contributed by atoms with Crippen molar-refractivity contribution in [3.63, 3.8) is 0 Å². The molecule has 1 aliphatic rings. The third-order valence-corrected chi connectivity index (χ3v) is 5.24. The molecule has 0 spiro atoms. The molecule has 0 aliphatic heterocycles. The smallest absolute Gasteiger partial charge is 0.348 e. The van der Waals surface area contributed by atoms with Crippen LogP contribution >= 0.6 is 11.3 Å². The second kappa shape index (κ2) is 6.48. The van der Waals surface area contributed by atoms with E-state index < -0.39 is 0 Å². The Bertz CT molecular complexity index is 701. The Morgan fingerprint density at radius 3 is 2.68 bits per heavy atom. The van der Waals surface area contributed by atoms with Crippen molar-refractivity contribution in [2.24, 2.45) is 5.92 Å². The zero-order valence-electron chi connectivity index (χ0n) is 12.6. The van der Waals surface area contributed by atoms with E-state index >= 15 is 0 Å². The molecule has 5 heteroatoms. The number of rotatable bonds is 3. The fourth-order valence-electron chi connectivity index (χ4n) is 2.93. The number of anilines is 1. The normalized spacial score (nSPS) is 15.7. The largest absolute Gasteiger partial charge is 0.465 e. The van der Waals surface area contributed by atoms with Gasteiger partial charge in [-0.3, -0.25) is 4.79 Å². The minimum Gasteiger partial charge on any atom is -0.465 e. The maximum absolute atomic E-state index is 12.3. The number of nitrogens with one attached hydrogen (secondary N) is 1. The molecule has 0 saturated heterocycles. The number of ether oxygens (including phenoxy) is 1. The molecule has 1 fully saturated rings. The van der Waals surface area contributed by atoms with Crippen molar-refractivity contribution in [1.82, 2.24) is 0 Å². The van der Waals surface area contributed by atoms with Crippen molar-refractivity contribution in [3.05, 3.63) is 29.1 Å². The summed E-state index contributed by atoms with van der Waals surface area (Å²) in [6.07, 6.45) is 5.49. The Kier molecular flexibility index (Phi) is 4.43. The molecule has 1 aromatic heterocycles. The number of methoxy groups -OCH3 is 1. The van der Waals surface area contributed by atoms with Crippen molar-refractivity contribution in [1.29, 1.82) is 0 Å². The van der Waals surface area contributed by atoms with E-state index in [9.17, 15) is 9.59 Å². The van der Waals surface area contributed by atoms with Crippen molar-refractivity contribution < 1.29 is 14.3 Å². The lowest BCUT2D eigenvalue weighted by molar-refractivity contribution is -0.120. The van der Waals surface area contributed by atoms with Gasteiger partial charge in [0.25, 0.3) is 0 Å². The first-order valence-corrected chi connectivity index (χ1v) is 8.42. The highest BCUT2D eigenvalue weighted by Crippen LogP contribution is 2.30. The lowest BCUT2D eigenvalue weighted by atomic mass is 9.88. The van der Waals surface area contributed by atoms with Crippen molar-refractivity contribution >= 4 is 39.0 Å². The monoisotopic (exact) mass is 317 g/mol. The Morgan fingerprint density at radius 2 is 1.95 bits per heavy atom. The van der Waals surface area contributed by atoms with Gasteiger partial charge >= 0.3 is 5.97 Å². The summed E-state index contributed by atoms with van der Waals surface area (Å²) in [4.78, 5) is 24.4. The van der Waals surface area contributed by atoms with Crippen LogP contribution in [0.1, 0.15) is 41.8 Å². The zero-order chi connectivity index (χ0) is 15.5. The standard InChI is InChI=1S/C17H19NO3S/c1-21-17(20)15-10-12-9-13(7-8-14(12)22-15)18-16(19)11-5-3-2-4-6-11/h7-11H,2-6H2,1H3,(H,18,19). The number of carbonyl (C=O) groups excluding carboxylic acids is 2. The van der Waals surface area contributed by atoms with Gasteiger partial charge in [-0.25, -0.2) is 4.79 Å². The van der Waals surface area contributed by atoms with Crippen LogP contribution in [0.3, 0.4) is 0 Å². The molecule has 1 N–H and O–H groups in total. The minimum atomic E-state index is -0.325. The van der Waals surface area contributed by atoms with Crippen LogP contribution in [0.5, 0.6) is 0 Å². The van der Waals surface area contributed by atoms with Crippen molar-refractivity contribution in [2.75, 3.05) is 12.4 Å². The molecule has 1 aliphatic carbocycles. The average Bonchev–Trinajstić information content (AvgIpc) is 2.98. The summed E-state index contributed by atoms with van der Waals surface area (Å²) in [5.74, 6) is -0.0750. The number of esters is 1. The topological polar surface area (TPSA) is 55.4 Å². The number of fused-ring (bicyclic) bond motifs is 1. The molecule has 0 atom stereocenters. The maximum Gasteiger partial charge on any atom is 0.348 e. The molecular formula is C17H19NO3S. The number of hydrogen-bond acceptors (Lipinski definition) is 4. The van der Waals surface area contributed by atoms with Crippen LogP contribution in [-0.4, -0.2) is 19.0 Å². The molecule has 1 heterocycles. The first-order chi connectivity index (χ1) is 10.7. The highest BCUT2D eigenvalue weighted by atomic mass is 32.1. The van der Waals surface area contributed by atoms with Crippen LogP contribution in [0.4, 0.5) is 5.69 Å². The molecule has 4 nitrogen and oxygen atoms in total. The van der Waals surface area contributed by atoms with E-state index in [1.807, 2.05) is 24.3 Å². The summed E-state index contributed by atoms with van der Waals surface area (Å²) in [7, 11) is 1.38. The molecule has 1 aromatic carbocycles. The highest BCUT2D eigenvalue weighted by Gasteiger charge is 2.21. The van der Waals surface area contributed by atoms with Gasteiger partial charge in [-0.05, 0) is 42.5 Å². The molecule has 22 heavy (non-hydrogen) atoms. The molecule has 1 saturated carbocycles. The molecule has 0 unspecified atom stereocenters. The molecule has 2 aromatic rings. The third-order valence-electron chi connectivity index (χ3n) is 4.15. The molecule has 116 valence electrons. The lowest BCUT2D eigenvalue weighted by Gasteiger charge is -2.20. The number of benzene rings is 1. The van der Waals surface area contributed by atoms with Crippen LogP contribution in [0.2, 0.25) is 0 Å². The second-order valence-corrected chi connectivity index (χ2v) is 6.76. The Labute approximate surface area is 133 Å². The Morgan fingerprint density at radius 1 is 1.18 bits per heavy atom. The molecule has 0 radical (unpaired) electrons. The number of thiophene rings is 1. The molecule has 1 amide bonds. The summed E-state index contributed by atoms with van der Waals surface area (Å²) in [6, 6.07) is 7.55. The Balaban J connectivity index is 1.76. The molecule has 0 bridgehead atoms.